The van der Waals surface area contributed by atoms with Gasteiger partial charge in [0.05, 0.1) is 0 Å². The largest absolute Gasteiger partial charge is 0.478 e. The number of carbonyl (C=O) groups is 1. The number of carboxylic acid groups (broad SMARTS) is 1. The molecule has 0 saturated carbocycles. The number of aliphatic carboxylic acids is 1. The highest BCUT2D eigenvalue weighted by Gasteiger charge is 2.30. The van der Waals surface area contributed by atoms with Gasteiger partial charge in [0.25, 0.3) is 0 Å². The maximum atomic E-state index is 12.4. The van der Waals surface area contributed by atoms with Gasteiger partial charge in [-0.1, -0.05) is 22.0 Å². The Morgan fingerprint density at radius 1 is 1.45 bits per heavy atom. The van der Waals surface area contributed by atoms with Gasteiger partial charge < -0.3 is 10.0 Å². The van der Waals surface area contributed by atoms with E-state index in [2.05, 4.69) is 15.9 Å². The van der Waals surface area contributed by atoms with E-state index in [4.69, 9.17) is 5.11 Å². The molecule has 0 atom stereocenters. The van der Waals surface area contributed by atoms with Crippen molar-refractivity contribution in [3.05, 3.63) is 34.3 Å². The molecule has 20 heavy (non-hydrogen) atoms. The molecular weight excluding hydrogens is 339 g/mol. The number of benzene rings is 1. The molecule has 0 unspecified atom stereocenters. The third-order valence-corrected chi connectivity index (χ3v) is 3.19. The Hall–Kier alpha value is -1.50. The number of rotatable bonds is 5. The Kier molecular flexibility index (Phi) is 5.62. The molecule has 1 aromatic rings. The predicted molar refractivity (Wildman–Crippen MR) is 74.8 cm³/mol. The molecule has 0 radical (unpaired) electrons. The van der Waals surface area contributed by atoms with Crippen molar-refractivity contribution < 1.29 is 23.1 Å². The first kappa shape index (κ1) is 16.6. The summed E-state index contributed by atoms with van der Waals surface area (Å²) in [6, 6.07) is 4.64. The van der Waals surface area contributed by atoms with Gasteiger partial charge in [-0.2, -0.15) is 13.2 Å². The van der Waals surface area contributed by atoms with Gasteiger partial charge in [0.15, 0.2) is 0 Å². The molecule has 0 amide bonds. The Morgan fingerprint density at radius 2 is 2.10 bits per heavy atom. The number of anilines is 1. The van der Waals surface area contributed by atoms with Crippen molar-refractivity contribution in [1.82, 2.24) is 0 Å². The van der Waals surface area contributed by atoms with Crippen LogP contribution < -0.4 is 4.90 Å². The van der Waals surface area contributed by atoms with Crippen LogP contribution in [-0.4, -0.2) is 30.3 Å². The number of alkyl halides is 3. The van der Waals surface area contributed by atoms with E-state index in [1.807, 2.05) is 0 Å². The first-order valence-corrected chi connectivity index (χ1v) is 6.54. The summed E-state index contributed by atoms with van der Waals surface area (Å²) in [4.78, 5) is 11.6. The number of hydrogen-bond donors (Lipinski definition) is 1. The van der Waals surface area contributed by atoms with Crippen LogP contribution in [0.4, 0.5) is 18.9 Å². The second-order valence-electron chi connectivity index (χ2n) is 4.01. The highest BCUT2D eigenvalue weighted by Crippen LogP contribution is 2.27. The Balaban J connectivity index is 2.98. The molecule has 0 aliphatic heterocycles. The monoisotopic (exact) mass is 351 g/mol. The van der Waals surface area contributed by atoms with Crippen LogP contribution in [-0.2, 0) is 4.79 Å². The standard InChI is InChI=1S/C13H13BrF3NO2/c1-2-18(8-13(15,16)17)10-5-3-9(11(14)7-10)4-6-12(19)20/h3-7H,2,8H2,1H3,(H,19,20)/b6-4+. The van der Waals surface area contributed by atoms with Crippen LogP contribution in [0.2, 0.25) is 0 Å². The molecule has 110 valence electrons. The van der Waals surface area contributed by atoms with E-state index >= 15 is 0 Å². The highest BCUT2D eigenvalue weighted by atomic mass is 79.9. The summed E-state index contributed by atoms with van der Waals surface area (Å²) < 4.78 is 37.8. The molecule has 0 aromatic heterocycles. The maximum absolute atomic E-state index is 12.4. The van der Waals surface area contributed by atoms with Gasteiger partial charge in [0.1, 0.15) is 6.54 Å². The van der Waals surface area contributed by atoms with Crippen molar-refractivity contribution >= 4 is 33.7 Å². The molecule has 1 N–H and O–H groups in total. The van der Waals surface area contributed by atoms with Gasteiger partial charge in [0.2, 0.25) is 0 Å². The van der Waals surface area contributed by atoms with Crippen LogP contribution in [0.3, 0.4) is 0 Å². The molecule has 0 aliphatic rings. The minimum absolute atomic E-state index is 0.219. The van der Waals surface area contributed by atoms with Crippen molar-refractivity contribution in [2.45, 2.75) is 13.1 Å². The van der Waals surface area contributed by atoms with Gasteiger partial charge in [0, 0.05) is 22.8 Å². The van der Waals surface area contributed by atoms with Gasteiger partial charge in [-0.25, -0.2) is 4.79 Å². The van der Waals surface area contributed by atoms with Crippen LogP contribution in [0.15, 0.2) is 28.7 Å². The van der Waals surface area contributed by atoms with Crippen LogP contribution in [0.1, 0.15) is 12.5 Å². The van der Waals surface area contributed by atoms with E-state index in [0.29, 0.717) is 15.7 Å². The van der Waals surface area contributed by atoms with E-state index in [0.717, 1.165) is 6.08 Å². The normalized spacial score (nSPS) is 11.8. The Labute approximate surface area is 122 Å². The SMILES string of the molecule is CCN(CC(F)(F)F)c1ccc(/C=C/C(=O)O)c(Br)c1. The molecule has 0 heterocycles. The number of nitrogens with zero attached hydrogens (tertiary/aromatic N) is 1. The molecule has 1 rings (SSSR count). The highest BCUT2D eigenvalue weighted by molar-refractivity contribution is 9.10. The molecule has 3 nitrogen and oxygen atoms in total. The summed E-state index contributed by atoms with van der Waals surface area (Å²) in [6.07, 6.45) is -1.94. The second-order valence-corrected chi connectivity index (χ2v) is 4.86. The lowest BCUT2D eigenvalue weighted by atomic mass is 10.2. The van der Waals surface area contributed by atoms with Gasteiger partial charge in [-0.05, 0) is 30.7 Å². The topological polar surface area (TPSA) is 40.5 Å². The molecule has 0 fully saturated rings. The minimum atomic E-state index is -4.27. The molecule has 0 saturated heterocycles. The number of hydrogen-bond acceptors (Lipinski definition) is 2. The lowest BCUT2D eigenvalue weighted by Crippen LogP contribution is -2.34. The third-order valence-electron chi connectivity index (χ3n) is 2.51. The quantitative estimate of drug-likeness (QED) is 0.817. The Morgan fingerprint density at radius 3 is 2.55 bits per heavy atom. The summed E-state index contributed by atoms with van der Waals surface area (Å²) >= 11 is 3.22. The van der Waals surface area contributed by atoms with Crippen LogP contribution in [0.5, 0.6) is 0 Å². The predicted octanol–water partition coefficient (Wildman–Crippen LogP) is 3.94. The zero-order valence-corrected chi connectivity index (χ0v) is 12.2. The third kappa shape index (κ3) is 5.24. The van der Waals surface area contributed by atoms with E-state index < -0.39 is 18.7 Å². The number of halogens is 4. The molecule has 0 spiro atoms. The summed E-state index contributed by atoms with van der Waals surface area (Å²) in [7, 11) is 0. The van der Waals surface area contributed by atoms with Gasteiger partial charge in [-0.15, -0.1) is 0 Å². The fourth-order valence-corrected chi connectivity index (χ4v) is 2.11. The van der Waals surface area contributed by atoms with Crippen molar-refractivity contribution in [3.63, 3.8) is 0 Å². The minimum Gasteiger partial charge on any atom is -0.478 e. The average molecular weight is 352 g/mol. The zero-order chi connectivity index (χ0) is 15.3. The van der Waals surface area contributed by atoms with E-state index in [1.54, 1.807) is 13.0 Å². The zero-order valence-electron chi connectivity index (χ0n) is 10.6. The molecule has 0 bridgehead atoms. The first-order chi connectivity index (χ1) is 9.23. The molecular formula is C13H13BrF3NO2. The second kappa shape index (κ2) is 6.78. The smallest absolute Gasteiger partial charge is 0.405 e. The summed E-state index contributed by atoms with van der Waals surface area (Å²) in [5.74, 6) is -1.09. The fraction of sp³-hybridized carbons (Fsp3) is 0.308. The fourth-order valence-electron chi connectivity index (χ4n) is 1.61. The first-order valence-electron chi connectivity index (χ1n) is 5.75. The van der Waals surface area contributed by atoms with Crippen molar-refractivity contribution in [2.75, 3.05) is 18.0 Å². The van der Waals surface area contributed by atoms with Crippen LogP contribution in [0.25, 0.3) is 6.08 Å². The molecule has 7 heteroatoms. The van der Waals surface area contributed by atoms with Crippen molar-refractivity contribution in [1.29, 1.82) is 0 Å². The molecule has 0 aliphatic carbocycles. The van der Waals surface area contributed by atoms with E-state index in [9.17, 15) is 18.0 Å². The number of carboxylic acids is 1. The maximum Gasteiger partial charge on any atom is 0.405 e. The van der Waals surface area contributed by atoms with Crippen LogP contribution >= 0.6 is 15.9 Å². The Bertz CT molecular complexity index is 515. The van der Waals surface area contributed by atoms with E-state index in [-0.39, 0.29) is 6.54 Å². The summed E-state index contributed by atoms with van der Waals surface area (Å²) in [5.41, 5.74) is 1.00. The summed E-state index contributed by atoms with van der Waals surface area (Å²) in [5, 5.41) is 8.54. The van der Waals surface area contributed by atoms with Crippen molar-refractivity contribution in [2.24, 2.45) is 0 Å². The van der Waals surface area contributed by atoms with E-state index in [1.165, 1.54) is 23.1 Å². The molecule has 1 aromatic carbocycles. The van der Waals surface area contributed by atoms with Crippen molar-refractivity contribution in [3.8, 4) is 0 Å². The van der Waals surface area contributed by atoms with Crippen LogP contribution in [0, 0.1) is 0 Å². The lowest BCUT2D eigenvalue weighted by molar-refractivity contribution is -0.131. The van der Waals surface area contributed by atoms with Gasteiger partial charge in [-0.3, -0.25) is 0 Å². The lowest BCUT2D eigenvalue weighted by Gasteiger charge is -2.24. The summed E-state index contributed by atoms with van der Waals surface area (Å²) in [6.45, 7) is 0.828. The average Bonchev–Trinajstić information content (AvgIpc) is 2.33. The van der Waals surface area contributed by atoms with Gasteiger partial charge >= 0.3 is 12.1 Å².